The molecule has 1 aliphatic heterocycles. The van der Waals surface area contributed by atoms with Gasteiger partial charge in [0.05, 0.1) is 10.8 Å². The van der Waals surface area contributed by atoms with Crippen LogP contribution >= 0.6 is 0 Å². The summed E-state index contributed by atoms with van der Waals surface area (Å²) in [5.74, 6) is 2.34. The third-order valence-electron chi connectivity index (χ3n) is 9.92. The van der Waals surface area contributed by atoms with E-state index in [1.54, 1.807) is 24.3 Å². The van der Waals surface area contributed by atoms with E-state index in [2.05, 4.69) is 16.6 Å². The molecule has 41 heavy (non-hydrogen) atoms. The van der Waals surface area contributed by atoms with Crippen LogP contribution in [0, 0.1) is 23.7 Å². The number of hydrogen-bond donors (Lipinski definition) is 2. The van der Waals surface area contributed by atoms with Crippen molar-refractivity contribution in [3.05, 3.63) is 77.7 Å². The van der Waals surface area contributed by atoms with E-state index in [0.29, 0.717) is 37.6 Å². The van der Waals surface area contributed by atoms with Crippen LogP contribution in [0.2, 0.25) is 0 Å². The van der Waals surface area contributed by atoms with Crippen LogP contribution in [0.15, 0.2) is 71.5 Å². The molecule has 8 nitrogen and oxygen atoms in total. The molecule has 5 aliphatic rings. The minimum Gasteiger partial charge on any atom is -0.352 e. The zero-order valence-electron chi connectivity index (χ0n) is 23.2. The summed E-state index contributed by atoms with van der Waals surface area (Å²) in [6.07, 6.45) is 6.76. The predicted molar refractivity (Wildman–Crippen MR) is 158 cm³/mol. The number of nitrogens with zero attached hydrogens (tertiary/aromatic N) is 1. The molecular weight excluding hydrogens is 558 g/mol. The van der Waals surface area contributed by atoms with E-state index in [4.69, 9.17) is 0 Å². The Morgan fingerprint density at radius 2 is 1.71 bits per heavy atom. The first-order valence-electron chi connectivity index (χ1n) is 14.7. The molecule has 0 spiro atoms. The summed E-state index contributed by atoms with van der Waals surface area (Å²) in [6, 6.07) is 16.4. The molecule has 10 heteroatoms. The lowest BCUT2D eigenvalue weighted by Crippen LogP contribution is -2.46. The number of amides is 1. The topological polar surface area (TPSA) is 113 Å². The Bertz CT molecular complexity index is 1490. The van der Waals surface area contributed by atoms with Crippen LogP contribution < -0.4 is 10.0 Å². The third kappa shape index (κ3) is 5.76. The maximum Gasteiger partial charge on any atom is 0.243 e. The molecule has 1 amide bonds. The van der Waals surface area contributed by atoms with Gasteiger partial charge in [0.1, 0.15) is 0 Å². The molecule has 0 aromatic heterocycles. The van der Waals surface area contributed by atoms with Crippen LogP contribution in [0.1, 0.15) is 55.6 Å². The van der Waals surface area contributed by atoms with Gasteiger partial charge in [0.25, 0.3) is 0 Å². The van der Waals surface area contributed by atoms with Crippen molar-refractivity contribution in [2.24, 2.45) is 23.7 Å². The van der Waals surface area contributed by atoms with Gasteiger partial charge in [0.2, 0.25) is 26.0 Å². The van der Waals surface area contributed by atoms with Crippen molar-refractivity contribution in [3.8, 4) is 0 Å². The van der Waals surface area contributed by atoms with Gasteiger partial charge < -0.3 is 5.32 Å². The van der Waals surface area contributed by atoms with Crippen LogP contribution in [0.5, 0.6) is 0 Å². The molecule has 7 rings (SSSR count). The molecular formula is C31H39N3O5S2. The molecule has 0 radical (unpaired) electrons. The van der Waals surface area contributed by atoms with Gasteiger partial charge in [-0.25, -0.2) is 21.6 Å². The van der Waals surface area contributed by atoms with E-state index < -0.39 is 32.0 Å². The Hall–Kier alpha value is -2.53. The average molecular weight is 598 g/mol. The van der Waals surface area contributed by atoms with E-state index >= 15 is 0 Å². The minimum atomic E-state index is -3.84. The van der Waals surface area contributed by atoms with E-state index in [0.717, 1.165) is 28.4 Å². The molecule has 4 saturated carbocycles. The van der Waals surface area contributed by atoms with E-state index in [1.165, 1.54) is 30.0 Å². The number of benzene rings is 2. The summed E-state index contributed by atoms with van der Waals surface area (Å²) in [5.41, 5.74) is 1.84. The maximum absolute atomic E-state index is 13.9. The second kappa shape index (κ2) is 11.3. The number of carbonyl (C=O) groups is 1. The fourth-order valence-corrected chi connectivity index (χ4v) is 10.3. The highest BCUT2D eigenvalue weighted by Crippen LogP contribution is 2.58. The standard InChI is InChI=1S/C31H39N3O5S2/c1-2-40(36,37)32-20-26-9-6-14-34(26)41(38,39)27-12-10-23(11-13-27)29(17-21-7-4-3-5-8-21)31(35)33-30-25-16-22-15-24(19-25)28(30)18-22/h2-5,7-8,10-13,22,24-26,28-30,32H,1,6,9,14-20H2,(H,33,35)/t22?,24?,25?,26-,28?,29?,30?/m1/s1. The summed E-state index contributed by atoms with van der Waals surface area (Å²) < 4.78 is 54.6. The molecule has 2 aromatic carbocycles. The Labute approximate surface area is 243 Å². The quantitative estimate of drug-likeness (QED) is 0.410. The largest absolute Gasteiger partial charge is 0.352 e. The van der Waals surface area contributed by atoms with Crippen LogP contribution in [0.25, 0.3) is 0 Å². The fourth-order valence-electron chi connectivity index (χ4n) is 8.05. The van der Waals surface area contributed by atoms with Gasteiger partial charge in [-0.15, -0.1) is 0 Å². The van der Waals surface area contributed by atoms with Crippen LogP contribution in [-0.4, -0.2) is 52.2 Å². The zero-order chi connectivity index (χ0) is 28.8. The Kier molecular flexibility index (Phi) is 7.86. The highest BCUT2D eigenvalue weighted by Gasteiger charge is 2.54. The van der Waals surface area contributed by atoms with Crippen molar-refractivity contribution < 1.29 is 21.6 Å². The van der Waals surface area contributed by atoms with Crippen molar-refractivity contribution in [2.45, 2.75) is 67.8 Å². The van der Waals surface area contributed by atoms with E-state index in [9.17, 15) is 21.6 Å². The van der Waals surface area contributed by atoms with Gasteiger partial charge in [0, 0.05) is 30.6 Å². The number of carbonyl (C=O) groups excluding carboxylic acids is 1. The first kappa shape index (κ1) is 28.6. The summed E-state index contributed by atoms with van der Waals surface area (Å²) in [4.78, 5) is 14.0. The van der Waals surface area contributed by atoms with Gasteiger partial charge >= 0.3 is 0 Å². The molecule has 2 N–H and O–H groups in total. The van der Waals surface area contributed by atoms with Crippen LogP contribution in [0.4, 0.5) is 0 Å². The molecule has 4 aliphatic carbocycles. The Morgan fingerprint density at radius 1 is 0.976 bits per heavy atom. The van der Waals surface area contributed by atoms with E-state index in [-0.39, 0.29) is 23.4 Å². The normalized spacial score (nSPS) is 30.0. The first-order chi connectivity index (χ1) is 19.6. The highest BCUT2D eigenvalue weighted by molar-refractivity contribution is 7.92. The fraction of sp³-hybridized carbons (Fsp3) is 0.516. The molecule has 5 fully saturated rings. The summed E-state index contributed by atoms with van der Waals surface area (Å²) >= 11 is 0. The minimum absolute atomic E-state index is 0.00422. The predicted octanol–water partition coefficient (Wildman–Crippen LogP) is 3.78. The summed E-state index contributed by atoms with van der Waals surface area (Å²) in [7, 11) is -7.49. The molecule has 7 atom stereocenters. The number of rotatable bonds is 11. The van der Waals surface area contributed by atoms with Crippen molar-refractivity contribution in [3.63, 3.8) is 0 Å². The lowest BCUT2D eigenvalue weighted by molar-refractivity contribution is -0.124. The monoisotopic (exact) mass is 597 g/mol. The van der Waals surface area contributed by atoms with Gasteiger partial charge in [-0.2, -0.15) is 4.31 Å². The molecule has 6 unspecified atom stereocenters. The molecule has 1 saturated heterocycles. The Balaban J connectivity index is 1.21. The lowest BCUT2D eigenvalue weighted by atomic mass is 9.79. The molecule has 4 bridgehead atoms. The average Bonchev–Trinajstić information content (AvgIpc) is 3.63. The smallest absolute Gasteiger partial charge is 0.243 e. The van der Waals surface area contributed by atoms with Crippen molar-refractivity contribution >= 4 is 26.0 Å². The first-order valence-corrected chi connectivity index (χ1v) is 17.7. The molecule has 2 aromatic rings. The van der Waals surface area contributed by atoms with Crippen molar-refractivity contribution in [2.75, 3.05) is 13.1 Å². The van der Waals surface area contributed by atoms with E-state index in [1.807, 2.05) is 30.3 Å². The van der Waals surface area contributed by atoms with Gasteiger partial charge in [-0.1, -0.05) is 49.0 Å². The Morgan fingerprint density at radius 3 is 2.41 bits per heavy atom. The summed E-state index contributed by atoms with van der Waals surface area (Å²) in [6.45, 7) is 3.62. The summed E-state index contributed by atoms with van der Waals surface area (Å²) in [5, 5.41) is 4.28. The molecule has 220 valence electrons. The number of nitrogens with one attached hydrogen (secondary N) is 2. The second-order valence-corrected chi connectivity index (χ2v) is 15.9. The van der Waals surface area contributed by atoms with Crippen molar-refractivity contribution in [1.29, 1.82) is 0 Å². The highest BCUT2D eigenvalue weighted by atomic mass is 32.2. The second-order valence-electron chi connectivity index (χ2n) is 12.3. The number of sulfonamides is 2. The lowest BCUT2D eigenvalue weighted by Gasteiger charge is -2.34. The zero-order valence-corrected chi connectivity index (χ0v) is 24.8. The van der Waals surface area contributed by atoms with Crippen LogP contribution in [-0.2, 0) is 31.3 Å². The third-order valence-corrected chi connectivity index (χ3v) is 12.9. The van der Waals surface area contributed by atoms with Crippen LogP contribution in [0.3, 0.4) is 0 Å². The van der Waals surface area contributed by atoms with Gasteiger partial charge in [-0.05, 0) is 91.9 Å². The number of hydrogen-bond acceptors (Lipinski definition) is 5. The van der Waals surface area contributed by atoms with Crippen molar-refractivity contribution in [1.82, 2.24) is 14.3 Å². The van der Waals surface area contributed by atoms with Gasteiger partial charge in [-0.3, -0.25) is 4.79 Å². The SMILES string of the molecule is C=CS(=O)(=O)NC[C@H]1CCCN1S(=O)(=O)c1ccc(C(Cc2ccccc2)C(=O)NC2C3CC4CC(C3)C2C4)cc1. The molecule has 1 heterocycles. The van der Waals surface area contributed by atoms with Gasteiger partial charge in [0.15, 0.2) is 0 Å². The maximum atomic E-state index is 13.9.